The quantitative estimate of drug-likeness (QED) is 0.654. The van der Waals surface area contributed by atoms with Crippen molar-refractivity contribution >= 4 is 23.2 Å². The second-order valence-electron chi connectivity index (χ2n) is 8.10. The molecule has 4 rings (SSSR count). The third kappa shape index (κ3) is 6.05. The summed E-state index contributed by atoms with van der Waals surface area (Å²) in [5.41, 5.74) is 2.36. The van der Waals surface area contributed by atoms with Gasteiger partial charge in [-0.3, -0.25) is 9.69 Å². The number of carbonyl (C=O) groups is 1. The smallest absolute Gasteiger partial charge is 0.257 e. The van der Waals surface area contributed by atoms with E-state index in [-0.39, 0.29) is 5.91 Å². The zero-order valence-electron chi connectivity index (χ0n) is 17.7. The van der Waals surface area contributed by atoms with Gasteiger partial charge in [0.1, 0.15) is 0 Å². The van der Waals surface area contributed by atoms with E-state index in [1.807, 2.05) is 24.3 Å². The van der Waals surface area contributed by atoms with Gasteiger partial charge in [0.25, 0.3) is 5.91 Å². The van der Waals surface area contributed by atoms with Crippen LogP contribution in [0.4, 0.5) is 5.69 Å². The molecule has 0 radical (unpaired) electrons. The van der Waals surface area contributed by atoms with Crippen molar-refractivity contribution in [1.29, 1.82) is 0 Å². The molecule has 31 heavy (non-hydrogen) atoms. The maximum absolute atomic E-state index is 12.5. The summed E-state index contributed by atoms with van der Waals surface area (Å²) in [7, 11) is 0. The van der Waals surface area contributed by atoms with Crippen LogP contribution in [0.25, 0.3) is 0 Å². The standard InChI is InChI=1S/C24H30ClN3O3/c25-22-7-2-1-6-21(22)24(29)27-20-5-3-4-18(14-20)15-26-16-23(19-8-11-31-17-19)28-9-12-30-13-10-28/h1-7,14,19,23,26H,8-13,15-17H2,(H,27,29)/t19-,23-/m1/s1. The first kappa shape index (κ1) is 22.2. The van der Waals surface area contributed by atoms with Crippen molar-refractivity contribution in [3.05, 3.63) is 64.7 Å². The molecule has 2 aromatic rings. The third-order valence-electron chi connectivity index (χ3n) is 6.01. The molecule has 2 N–H and O–H groups in total. The van der Waals surface area contributed by atoms with Crippen molar-refractivity contribution in [2.24, 2.45) is 5.92 Å². The lowest BCUT2D eigenvalue weighted by Gasteiger charge is -2.37. The number of carbonyl (C=O) groups excluding carboxylic acids is 1. The van der Waals surface area contributed by atoms with E-state index >= 15 is 0 Å². The third-order valence-corrected chi connectivity index (χ3v) is 6.34. The van der Waals surface area contributed by atoms with Gasteiger partial charge in [0.15, 0.2) is 0 Å². The predicted octanol–water partition coefficient (Wildman–Crippen LogP) is 3.42. The Labute approximate surface area is 188 Å². The molecule has 2 aromatic carbocycles. The summed E-state index contributed by atoms with van der Waals surface area (Å²) in [5, 5.41) is 7.02. The molecule has 2 fully saturated rings. The molecule has 2 heterocycles. The number of hydrogen-bond acceptors (Lipinski definition) is 5. The Morgan fingerprint density at radius 1 is 1.10 bits per heavy atom. The Kier molecular flexibility index (Phi) is 7.94. The van der Waals surface area contributed by atoms with E-state index in [4.69, 9.17) is 21.1 Å². The van der Waals surface area contributed by atoms with E-state index in [2.05, 4.69) is 21.6 Å². The summed E-state index contributed by atoms with van der Waals surface area (Å²) >= 11 is 6.14. The van der Waals surface area contributed by atoms with Gasteiger partial charge < -0.3 is 20.1 Å². The van der Waals surface area contributed by atoms with Crippen LogP contribution in [0.3, 0.4) is 0 Å². The Hall–Kier alpha value is -1.96. The van der Waals surface area contributed by atoms with E-state index in [1.54, 1.807) is 18.2 Å². The number of amides is 1. The average molecular weight is 444 g/mol. The largest absolute Gasteiger partial charge is 0.381 e. The molecule has 2 atom stereocenters. The summed E-state index contributed by atoms with van der Waals surface area (Å²) < 4.78 is 11.2. The molecule has 0 spiro atoms. The summed E-state index contributed by atoms with van der Waals surface area (Å²) in [4.78, 5) is 15.1. The zero-order valence-corrected chi connectivity index (χ0v) is 18.4. The van der Waals surface area contributed by atoms with Crippen LogP contribution in [-0.2, 0) is 16.0 Å². The lowest BCUT2D eigenvalue weighted by atomic mass is 9.96. The fraction of sp³-hybridized carbons (Fsp3) is 0.458. The summed E-state index contributed by atoms with van der Waals surface area (Å²) in [6, 6.07) is 15.4. The number of benzene rings is 2. The van der Waals surface area contributed by atoms with Gasteiger partial charge in [-0.05, 0) is 36.2 Å². The fourth-order valence-corrected chi connectivity index (χ4v) is 4.55. The van der Waals surface area contributed by atoms with E-state index in [0.29, 0.717) is 22.5 Å². The number of nitrogens with zero attached hydrogens (tertiary/aromatic N) is 1. The Bertz CT molecular complexity index is 867. The van der Waals surface area contributed by atoms with Crippen LogP contribution >= 0.6 is 11.6 Å². The number of halogens is 1. The van der Waals surface area contributed by atoms with Gasteiger partial charge in [0.2, 0.25) is 0 Å². The Balaban J connectivity index is 1.33. The molecule has 2 saturated heterocycles. The lowest BCUT2D eigenvalue weighted by molar-refractivity contribution is 0.00137. The number of rotatable bonds is 8. The van der Waals surface area contributed by atoms with Crippen LogP contribution < -0.4 is 10.6 Å². The normalized spacial score (nSPS) is 20.5. The minimum Gasteiger partial charge on any atom is -0.381 e. The van der Waals surface area contributed by atoms with E-state index < -0.39 is 0 Å². The molecule has 1 amide bonds. The number of nitrogens with one attached hydrogen (secondary N) is 2. The first-order valence-corrected chi connectivity index (χ1v) is 11.3. The van der Waals surface area contributed by atoms with Crippen LogP contribution in [-0.4, -0.2) is 62.9 Å². The van der Waals surface area contributed by atoms with Crippen LogP contribution in [0.2, 0.25) is 5.02 Å². The topological polar surface area (TPSA) is 62.8 Å². The molecule has 0 saturated carbocycles. The number of anilines is 1. The molecule has 0 aromatic heterocycles. The minimum atomic E-state index is -0.204. The Morgan fingerprint density at radius 2 is 1.94 bits per heavy atom. The minimum absolute atomic E-state index is 0.204. The van der Waals surface area contributed by atoms with Gasteiger partial charge in [0.05, 0.1) is 30.4 Å². The molecule has 166 valence electrons. The lowest BCUT2D eigenvalue weighted by Crippen LogP contribution is -2.51. The predicted molar refractivity (Wildman–Crippen MR) is 123 cm³/mol. The fourth-order valence-electron chi connectivity index (χ4n) is 4.33. The van der Waals surface area contributed by atoms with Crippen molar-refractivity contribution in [1.82, 2.24) is 10.2 Å². The van der Waals surface area contributed by atoms with Gasteiger partial charge >= 0.3 is 0 Å². The highest BCUT2D eigenvalue weighted by molar-refractivity contribution is 6.34. The summed E-state index contributed by atoms with van der Waals surface area (Å²) in [6.07, 6.45) is 1.12. The molecule has 0 unspecified atom stereocenters. The van der Waals surface area contributed by atoms with Crippen molar-refractivity contribution in [2.45, 2.75) is 19.0 Å². The van der Waals surface area contributed by atoms with Crippen LogP contribution in [0.15, 0.2) is 48.5 Å². The van der Waals surface area contributed by atoms with Crippen LogP contribution in [0.5, 0.6) is 0 Å². The first-order chi connectivity index (χ1) is 15.2. The molecule has 2 aliphatic heterocycles. The van der Waals surface area contributed by atoms with Crippen molar-refractivity contribution < 1.29 is 14.3 Å². The monoisotopic (exact) mass is 443 g/mol. The van der Waals surface area contributed by atoms with Gasteiger partial charge in [-0.25, -0.2) is 0 Å². The number of ether oxygens (including phenoxy) is 2. The highest BCUT2D eigenvalue weighted by Gasteiger charge is 2.31. The molecule has 2 aliphatic rings. The van der Waals surface area contributed by atoms with Gasteiger partial charge in [-0.15, -0.1) is 0 Å². The molecule has 6 nitrogen and oxygen atoms in total. The van der Waals surface area contributed by atoms with Crippen molar-refractivity contribution in [2.75, 3.05) is 51.4 Å². The molecule has 0 bridgehead atoms. The van der Waals surface area contributed by atoms with Crippen LogP contribution in [0.1, 0.15) is 22.3 Å². The molecular formula is C24H30ClN3O3. The number of morpholine rings is 1. The summed E-state index contributed by atoms with van der Waals surface area (Å²) in [6.45, 7) is 6.91. The van der Waals surface area contributed by atoms with E-state index in [1.165, 1.54) is 0 Å². The number of hydrogen-bond donors (Lipinski definition) is 2. The summed E-state index contributed by atoms with van der Waals surface area (Å²) in [5.74, 6) is 0.358. The van der Waals surface area contributed by atoms with Crippen molar-refractivity contribution in [3.63, 3.8) is 0 Å². The zero-order chi connectivity index (χ0) is 21.5. The SMILES string of the molecule is O=C(Nc1cccc(CNC[C@H]([C@@H]2CCOC2)N2CCOCC2)c1)c1ccccc1Cl. The Morgan fingerprint density at radius 3 is 2.71 bits per heavy atom. The second-order valence-corrected chi connectivity index (χ2v) is 8.51. The second kappa shape index (κ2) is 11.1. The van der Waals surface area contributed by atoms with Crippen LogP contribution in [0, 0.1) is 5.92 Å². The van der Waals surface area contributed by atoms with Gasteiger partial charge in [0, 0.05) is 50.4 Å². The molecule has 7 heteroatoms. The van der Waals surface area contributed by atoms with Crippen molar-refractivity contribution in [3.8, 4) is 0 Å². The highest BCUT2D eigenvalue weighted by atomic mass is 35.5. The maximum Gasteiger partial charge on any atom is 0.257 e. The average Bonchev–Trinajstić information content (AvgIpc) is 3.32. The molecular weight excluding hydrogens is 414 g/mol. The first-order valence-electron chi connectivity index (χ1n) is 11.0. The maximum atomic E-state index is 12.5. The van der Waals surface area contributed by atoms with Gasteiger partial charge in [-0.2, -0.15) is 0 Å². The van der Waals surface area contributed by atoms with E-state index in [9.17, 15) is 4.79 Å². The van der Waals surface area contributed by atoms with Gasteiger partial charge in [-0.1, -0.05) is 35.9 Å². The molecule has 0 aliphatic carbocycles. The van der Waals surface area contributed by atoms with E-state index in [0.717, 1.165) is 70.3 Å². The highest BCUT2D eigenvalue weighted by Crippen LogP contribution is 2.22.